The Hall–Kier alpha value is -2.39. The lowest BCUT2D eigenvalue weighted by Gasteiger charge is -2.53. The average Bonchev–Trinajstić information content (AvgIpc) is 3.63. The van der Waals surface area contributed by atoms with Crippen LogP contribution in [0.2, 0.25) is 0 Å². The zero-order valence-electron chi connectivity index (χ0n) is 19.9. The van der Waals surface area contributed by atoms with Crippen molar-refractivity contribution >= 4 is 28.6 Å². The standard InChI is InChI=1S/C27H32NO5S2/c1-31-21-6-2-7-22(19-21)32-15-5-12-28-13-10-20(11-14-28)18-25(28)33-26(29)27(30,23-8-3-16-34-23)24-9-4-17-35-24/h2-4,6-9,16-17,19-20,25,30H,5,10-15,18H2,1H3/q+1/t20?,25-,28?/m1/s1. The molecule has 1 N–H and O–H groups in total. The van der Waals surface area contributed by atoms with Gasteiger partial charge in [-0.15, -0.1) is 22.7 Å². The maximum absolute atomic E-state index is 13.6. The summed E-state index contributed by atoms with van der Waals surface area (Å²) in [6.45, 7) is 3.47. The van der Waals surface area contributed by atoms with Gasteiger partial charge in [-0.1, -0.05) is 18.2 Å². The smallest absolute Gasteiger partial charge is 0.353 e. The number of nitrogens with zero attached hydrogens (tertiary/aromatic N) is 1. The Morgan fingerprint density at radius 3 is 2.37 bits per heavy atom. The highest BCUT2D eigenvalue weighted by molar-refractivity contribution is 7.12. The van der Waals surface area contributed by atoms with Crippen molar-refractivity contribution in [2.75, 3.05) is 33.4 Å². The Labute approximate surface area is 214 Å². The molecule has 3 saturated heterocycles. The van der Waals surface area contributed by atoms with Crippen molar-refractivity contribution in [1.29, 1.82) is 0 Å². The molecule has 2 aromatic heterocycles. The first-order valence-electron chi connectivity index (χ1n) is 12.2. The summed E-state index contributed by atoms with van der Waals surface area (Å²) in [7, 11) is 1.65. The number of hydrogen-bond donors (Lipinski definition) is 1. The minimum atomic E-state index is -1.76. The molecule has 6 rings (SSSR count). The molecular formula is C27H32NO5S2+. The predicted octanol–water partition coefficient (Wildman–Crippen LogP) is 5.02. The summed E-state index contributed by atoms with van der Waals surface area (Å²) in [5.41, 5.74) is -1.76. The highest BCUT2D eigenvalue weighted by atomic mass is 32.1. The van der Waals surface area contributed by atoms with Crippen LogP contribution in [0, 0.1) is 5.92 Å². The van der Waals surface area contributed by atoms with Crippen LogP contribution in [0.4, 0.5) is 0 Å². The number of ether oxygens (including phenoxy) is 3. The summed E-state index contributed by atoms with van der Waals surface area (Å²) >= 11 is 2.75. The fraction of sp³-hybridized carbons (Fsp3) is 0.444. The van der Waals surface area contributed by atoms with Gasteiger partial charge in [0.1, 0.15) is 11.5 Å². The van der Waals surface area contributed by atoms with Gasteiger partial charge in [-0.25, -0.2) is 4.79 Å². The summed E-state index contributed by atoms with van der Waals surface area (Å²) in [5, 5.41) is 15.4. The summed E-state index contributed by atoms with van der Waals surface area (Å²) in [4.78, 5) is 14.8. The minimum absolute atomic E-state index is 0.238. The van der Waals surface area contributed by atoms with E-state index in [2.05, 4.69) is 0 Å². The molecule has 1 atom stereocenters. The topological polar surface area (TPSA) is 65.0 Å². The molecule has 0 radical (unpaired) electrons. The van der Waals surface area contributed by atoms with Crippen molar-refractivity contribution < 1.29 is 28.6 Å². The Balaban J connectivity index is 1.28. The van der Waals surface area contributed by atoms with Gasteiger partial charge < -0.3 is 19.3 Å². The van der Waals surface area contributed by atoms with Gasteiger partial charge in [-0.2, -0.15) is 0 Å². The Morgan fingerprint density at radius 1 is 1.06 bits per heavy atom. The average molecular weight is 515 g/mol. The first-order valence-corrected chi connectivity index (χ1v) is 13.9. The van der Waals surface area contributed by atoms with Gasteiger partial charge in [-0.05, 0) is 40.9 Å². The van der Waals surface area contributed by atoms with E-state index >= 15 is 0 Å². The second kappa shape index (κ2) is 10.3. The lowest BCUT2D eigenvalue weighted by Crippen LogP contribution is -2.66. The molecular weight excluding hydrogens is 482 g/mol. The number of benzene rings is 1. The van der Waals surface area contributed by atoms with Crippen LogP contribution >= 0.6 is 22.7 Å². The molecule has 5 heterocycles. The SMILES string of the molecule is COc1cccc(OCCC[N+]23CCC(CC2)C[C@H]3OC(=O)C(O)(c2cccs2)c2cccs2)c1. The number of aliphatic hydroxyl groups is 1. The van der Waals surface area contributed by atoms with Crippen LogP contribution in [-0.4, -0.2) is 55.1 Å². The van der Waals surface area contributed by atoms with Crippen LogP contribution in [0.3, 0.4) is 0 Å². The molecule has 0 saturated carbocycles. The quantitative estimate of drug-likeness (QED) is 0.234. The van der Waals surface area contributed by atoms with E-state index in [4.69, 9.17) is 14.2 Å². The molecule has 2 bridgehead atoms. The Kier molecular flexibility index (Phi) is 7.16. The van der Waals surface area contributed by atoms with E-state index in [9.17, 15) is 9.90 Å². The number of quaternary nitrogens is 1. The van der Waals surface area contributed by atoms with Crippen molar-refractivity contribution in [3.05, 3.63) is 69.0 Å². The molecule has 186 valence electrons. The minimum Gasteiger partial charge on any atom is -0.497 e. The maximum Gasteiger partial charge on any atom is 0.353 e. The maximum atomic E-state index is 13.6. The van der Waals surface area contributed by atoms with Gasteiger partial charge in [0.15, 0.2) is 0 Å². The van der Waals surface area contributed by atoms with Crippen molar-refractivity contribution in [3.63, 3.8) is 0 Å². The largest absolute Gasteiger partial charge is 0.497 e. The molecule has 8 heteroatoms. The van der Waals surface area contributed by atoms with E-state index in [1.807, 2.05) is 47.2 Å². The van der Waals surface area contributed by atoms with Gasteiger partial charge in [-0.3, -0.25) is 4.48 Å². The number of carbonyl (C=O) groups is 1. The Morgan fingerprint density at radius 2 is 1.74 bits per heavy atom. The fourth-order valence-corrected chi connectivity index (χ4v) is 7.17. The molecule has 0 amide bonds. The highest BCUT2D eigenvalue weighted by Gasteiger charge is 2.52. The van der Waals surface area contributed by atoms with E-state index in [1.165, 1.54) is 22.7 Å². The Bertz CT molecular complexity index is 1070. The van der Waals surface area contributed by atoms with E-state index < -0.39 is 11.6 Å². The molecule has 0 aliphatic carbocycles. The molecule has 3 aromatic rings. The first-order chi connectivity index (χ1) is 17.0. The fourth-order valence-electron chi connectivity index (χ4n) is 5.46. The van der Waals surface area contributed by atoms with Gasteiger partial charge in [0.2, 0.25) is 11.8 Å². The first kappa shape index (κ1) is 24.3. The number of carbonyl (C=O) groups excluding carboxylic acids is 1. The number of methoxy groups -OCH3 is 1. The van der Waals surface area contributed by atoms with Gasteiger partial charge in [0.25, 0.3) is 0 Å². The van der Waals surface area contributed by atoms with Crippen LogP contribution in [0.15, 0.2) is 59.3 Å². The van der Waals surface area contributed by atoms with Gasteiger partial charge in [0.05, 0.1) is 43.1 Å². The molecule has 3 aliphatic rings. The van der Waals surface area contributed by atoms with E-state index in [0.717, 1.165) is 61.3 Å². The zero-order valence-corrected chi connectivity index (χ0v) is 21.6. The van der Waals surface area contributed by atoms with E-state index in [0.29, 0.717) is 22.3 Å². The van der Waals surface area contributed by atoms with Gasteiger partial charge >= 0.3 is 5.97 Å². The second-order valence-corrected chi connectivity index (χ2v) is 11.4. The molecule has 35 heavy (non-hydrogen) atoms. The lowest BCUT2D eigenvalue weighted by molar-refractivity contribution is -0.984. The van der Waals surface area contributed by atoms with Crippen LogP contribution in [0.25, 0.3) is 0 Å². The van der Waals surface area contributed by atoms with E-state index in [1.54, 1.807) is 19.2 Å². The number of piperidine rings is 3. The number of rotatable bonds is 10. The molecule has 6 nitrogen and oxygen atoms in total. The third kappa shape index (κ3) is 4.85. The van der Waals surface area contributed by atoms with Crippen molar-refractivity contribution in [2.24, 2.45) is 5.92 Å². The number of thiophene rings is 2. The predicted molar refractivity (Wildman–Crippen MR) is 137 cm³/mol. The monoisotopic (exact) mass is 514 g/mol. The van der Waals surface area contributed by atoms with Crippen molar-refractivity contribution in [1.82, 2.24) is 0 Å². The molecule has 0 spiro atoms. The number of fused-ring (bicyclic) bond motifs is 3. The van der Waals surface area contributed by atoms with Crippen LogP contribution < -0.4 is 9.47 Å². The van der Waals surface area contributed by atoms with E-state index in [-0.39, 0.29) is 6.23 Å². The van der Waals surface area contributed by atoms with Crippen molar-refractivity contribution in [2.45, 2.75) is 37.5 Å². The number of hydrogen-bond acceptors (Lipinski definition) is 7. The third-order valence-electron chi connectivity index (χ3n) is 7.46. The molecule has 0 unspecified atom stereocenters. The van der Waals surface area contributed by atoms with Crippen LogP contribution in [0.1, 0.15) is 35.4 Å². The molecule has 1 aromatic carbocycles. The zero-order chi connectivity index (χ0) is 24.3. The normalized spacial score (nSPS) is 23.7. The highest BCUT2D eigenvalue weighted by Crippen LogP contribution is 2.42. The molecule has 3 fully saturated rings. The summed E-state index contributed by atoms with van der Waals surface area (Å²) < 4.78 is 18.2. The second-order valence-electron chi connectivity index (χ2n) is 9.47. The summed E-state index contributed by atoms with van der Waals surface area (Å²) in [6.07, 6.45) is 3.79. The van der Waals surface area contributed by atoms with Gasteiger partial charge in [0, 0.05) is 31.7 Å². The lowest BCUT2D eigenvalue weighted by atomic mass is 9.84. The van der Waals surface area contributed by atoms with Crippen molar-refractivity contribution in [3.8, 4) is 11.5 Å². The summed E-state index contributed by atoms with van der Waals surface area (Å²) in [5.74, 6) is 1.59. The summed E-state index contributed by atoms with van der Waals surface area (Å²) in [6, 6.07) is 15.0. The number of esters is 1. The molecule has 3 aliphatic heterocycles. The van der Waals surface area contributed by atoms with Crippen LogP contribution in [0.5, 0.6) is 11.5 Å². The third-order valence-corrected chi connectivity index (χ3v) is 9.42. The van der Waals surface area contributed by atoms with Crippen LogP contribution in [-0.2, 0) is 15.1 Å².